The Morgan fingerprint density at radius 2 is 1.32 bits per heavy atom. The monoisotopic (exact) mass is 270 g/mol. The van der Waals surface area contributed by atoms with E-state index in [1.54, 1.807) is 0 Å². The summed E-state index contributed by atoms with van der Waals surface area (Å²) < 4.78 is 5.87. The zero-order chi connectivity index (χ0) is 14.4. The predicted octanol–water partition coefficient (Wildman–Crippen LogP) is 2.99. The lowest BCUT2D eigenvalue weighted by molar-refractivity contribution is -0.0840. The van der Waals surface area contributed by atoms with Gasteiger partial charge in [0, 0.05) is 38.3 Å². The molecule has 3 saturated heterocycles. The van der Waals surface area contributed by atoms with Crippen molar-refractivity contribution in [1.82, 2.24) is 9.80 Å². The number of ether oxygens (including phenoxy) is 1. The molecule has 2 unspecified atom stereocenters. The molecule has 0 aliphatic carbocycles. The van der Waals surface area contributed by atoms with Crippen LogP contribution in [0.5, 0.6) is 0 Å². The Hall–Kier alpha value is -0.120. The molecule has 0 aromatic carbocycles. The van der Waals surface area contributed by atoms with E-state index in [0.717, 1.165) is 12.1 Å². The number of hydrogen-bond donors (Lipinski definition) is 0. The normalized spacial score (nSPS) is 31.1. The van der Waals surface area contributed by atoms with Gasteiger partial charge in [0.25, 0.3) is 0 Å². The largest absolute Gasteiger partial charge is 0.372 e. The maximum absolute atomic E-state index is 5.87. The molecule has 0 saturated carbocycles. The summed E-state index contributed by atoms with van der Waals surface area (Å²) in [5, 5.41) is 0. The molecule has 3 heterocycles. The minimum atomic E-state index is 0.553. The van der Waals surface area contributed by atoms with E-state index in [9.17, 15) is 0 Å². The van der Waals surface area contributed by atoms with Crippen LogP contribution in [0.3, 0.4) is 0 Å². The van der Waals surface area contributed by atoms with Crippen LogP contribution in [0.15, 0.2) is 0 Å². The van der Waals surface area contributed by atoms with E-state index < -0.39 is 0 Å². The molecule has 3 aliphatic rings. The van der Waals surface area contributed by atoms with Crippen molar-refractivity contribution in [3.05, 3.63) is 0 Å². The average molecular weight is 270 g/mol. The third-order valence-corrected chi connectivity index (χ3v) is 4.21. The van der Waals surface area contributed by atoms with Crippen LogP contribution in [-0.2, 0) is 4.74 Å². The van der Waals surface area contributed by atoms with Gasteiger partial charge in [0.2, 0.25) is 0 Å². The van der Waals surface area contributed by atoms with Crippen LogP contribution in [-0.4, -0.2) is 60.3 Å². The molecule has 3 fully saturated rings. The second-order valence-corrected chi connectivity index (χ2v) is 5.61. The van der Waals surface area contributed by atoms with Crippen molar-refractivity contribution in [3.63, 3.8) is 0 Å². The fourth-order valence-electron chi connectivity index (χ4n) is 3.08. The minimum absolute atomic E-state index is 0.553. The molecule has 2 atom stereocenters. The summed E-state index contributed by atoms with van der Waals surface area (Å²) >= 11 is 0. The van der Waals surface area contributed by atoms with Gasteiger partial charge >= 0.3 is 0 Å². The van der Waals surface area contributed by atoms with Gasteiger partial charge in [-0.05, 0) is 26.7 Å². The summed E-state index contributed by atoms with van der Waals surface area (Å²) in [6, 6.07) is 1.54. The number of likely N-dealkylation sites (tertiary alicyclic amines) is 2. The second-order valence-electron chi connectivity index (χ2n) is 5.61. The first-order chi connectivity index (χ1) is 9.22. The highest BCUT2D eigenvalue weighted by Crippen LogP contribution is 2.29. The zero-order valence-electron chi connectivity index (χ0n) is 13.9. The minimum Gasteiger partial charge on any atom is -0.372 e. The molecule has 3 aliphatic heterocycles. The van der Waals surface area contributed by atoms with Crippen molar-refractivity contribution in [2.75, 3.05) is 26.2 Å². The molecule has 114 valence electrons. The molecule has 0 N–H and O–H groups in total. The van der Waals surface area contributed by atoms with Crippen molar-refractivity contribution < 1.29 is 4.74 Å². The Balaban J connectivity index is 0.000000415. The third-order valence-electron chi connectivity index (χ3n) is 4.21. The molecule has 3 heteroatoms. The molecule has 0 amide bonds. The Morgan fingerprint density at radius 3 is 1.74 bits per heavy atom. The van der Waals surface area contributed by atoms with E-state index in [1.807, 2.05) is 27.7 Å². The van der Waals surface area contributed by atoms with E-state index in [1.165, 1.54) is 39.0 Å². The van der Waals surface area contributed by atoms with E-state index in [4.69, 9.17) is 4.74 Å². The first kappa shape index (κ1) is 16.9. The number of rotatable bonds is 2. The summed E-state index contributed by atoms with van der Waals surface area (Å²) in [5.74, 6) is 0. The molecular formula is C16H34N2O. The Morgan fingerprint density at radius 1 is 0.842 bits per heavy atom. The van der Waals surface area contributed by atoms with Crippen LogP contribution in [0.4, 0.5) is 0 Å². The molecule has 19 heavy (non-hydrogen) atoms. The Kier molecular flexibility index (Phi) is 7.33. The molecule has 0 aromatic heterocycles. The van der Waals surface area contributed by atoms with Crippen molar-refractivity contribution >= 4 is 0 Å². The SMILES string of the molecule is CC.CC.CC(C)N1CC(N2CC3CCC(C2)O3)C1. The van der Waals surface area contributed by atoms with Crippen molar-refractivity contribution in [3.8, 4) is 0 Å². The van der Waals surface area contributed by atoms with Gasteiger partial charge in [-0.25, -0.2) is 0 Å². The van der Waals surface area contributed by atoms with Crippen LogP contribution < -0.4 is 0 Å². The lowest BCUT2D eigenvalue weighted by Gasteiger charge is -2.49. The summed E-state index contributed by atoms with van der Waals surface area (Å²) in [5.41, 5.74) is 0. The molecule has 3 rings (SSSR count). The maximum Gasteiger partial charge on any atom is 0.0707 e. The maximum atomic E-state index is 5.87. The summed E-state index contributed by atoms with van der Waals surface area (Å²) in [6.07, 6.45) is 3.69. The fraction of sp³-hybridized carbons (Fsp3) is 1.00. The van der Waals surface area contributed by atoms with Gasteiger partial charge in [-0.3, -0.25) is 9.80 Å². The first-order valence-electron chi connectivity index (χ1n) is 8.36. The van der Waals surface area contributed by atoms with E-state index in [-0.39, 0.29) is 0 Å². The molecule has 0 aromatic rings. The van der Waals surface area contributed by atoms with Crippen LogP contribution in [0, 0.1) is 0 Å². The van der Waals surface area contributed by atoms with Crippen LogP contribution in [0.25, 0.3) is 0 Å². The van der Waals surface area contributed by atoms with Crippen LogP contribution >= 0.6 is 0 Å². The Labute approximate surface area is 120 Å². The Bertz CT molecular complexity index is 227. The van der Waals surface area contributed by atoms with Crippen LogP contribution in [0.1, 0.15) is 54.4 Å². The van der Waals surface area contributed by atoms with Gasteiger partial charge in [-0.1, -0.05) is 27.7 Å². The molecule has 2 bridgehead atoms. The first-order valence-corrected chi connectivity index (χ1v) is 8.36. The smallest absolute Gasteiger partial charge is 0.0707 e. The van der Waals surface area contributed by atoms with E-state index >= 15 is 0 Å². The number of nitrogens with zero attached hydrogens (tertiary/aromatic N) is 2. The highest BCUT2D eigenvalue weighted by molar-refractivity contribution is 4.95. The molecular weight excluding hydrogens is 236 g/mol. The lowest BCUT2D eigenvalue weighted by Crippen LogP contribution is -2.64. The quantitative estimate of drug-likeness (QED) is 0.767. The van der Waals surface area contributed by atoms with E-state index in [0.29, 0.717) is 12.2 Å². The van der Waals surface area contributed by atoms with Gasteiger partial charge < -0.3 is 4.74 Å². The summed E-state index contributed by atoms with van der Waals surface area (Å²) in [6.45, 7) is 17.5. The van der Waals surface area contributed by atoms with Crippen molar-refractivity contribution in [2.45, 2.75) is 78.7 Å². The number of fused-ring (bicyclic) bond motifs is 2. The number of hydrogen-bond acceptors (Lipinski definition) is 3. The zero-order valence-corrected chi connectivity index (χ0v) is 13.9. The van der Waals surface area contributed by atoms with Gasteiger partial charge in [0.1, 0.15) is 0 Å². The standard InChI is InChI=1S/C12H22N2O.2C2H6/c1-9(2)13-5-10(6-13)14-7-11-3-4-12(8-14)15-11;2*1-2/h9-12H,3-8H2,1-2H3;2*1-2H3. The molecule has 0 spiro atoms. The third kappa shape index (κ3) is 4.17. The van der Waals surface area contributed by atoms with Crippen LogP contribution in [0.2, 0.25) is 0 Å². The molecule has 3 nitrogen and oxygen atoms in total. The van der Waals surface area contributed by atoms with Gasteiger partial charge in [-0.15, -0.1) is 0 Å². The van der Waals surface area contributed by atoms with Crippen molar-refractivity contribution in [1.29, 1.82) is 0 Å². The fourth-order valence-corrected chi connectivity index (χ4v) is 3.08. The van der Waals surface area contributed by atoms with Gasteiger partial charge in [0.15, 0.2) is 0 Å². The van der Waals surface area contributed by atoms with E-state index in [2.05, 4.69) is 23.6 Å². The lowest BCUT2D eigenvalue weighted by atomic mass is 10.0. The highest BCUT2D eigenvalue weighted by Gasteiger charge is 2.40. The summed E-state index contributed by atoms with van der Waals surface area (Å²) in [7, 11) is 0. The molecule has 0 radical (unpaired) electrons. The topological polar surface area (TPSA) is 15.7 Å². The predicted molar refractivity (Wildman–Crippen MR) is 82.7 cm³/mol. The average Bonchev–Trinajstić information content (AvgIpc) is 2.71. The summed E-state index contributed by atoms with van der Waals surface area (Å²) in [4.78, 5) is 5.23. The number of morpholine rings is 1. The van der Waals surface area contributed by atoms with Crippen molar-refractivity contribution in [2.24, 2.45) is 0 Å². The van der Waals surface area contributed by atoms with Gasteiger partial charge in [-0.2, -0.15) is 0 Å². The second kappa shape index (κ2) is 8.23. The van der Waals surface area contributed by atoms with Gasteiger partial charge in [0.05, 0.1) is 12.2 Å². The highest BCUT2D eigenvalue weighted by atomic mass is 16.5.